The third-order valence-electron chi connectivity index (χ3n) is 2.70. The Kier molecular flexibility index (Phi) is 5.14. The Morgan fingerprint density at radius 3 is 2.68 bits per heavy atom. The van der Waals surface area contributed by atoms with Crippen LogP contribution in [0.15, 0.2) is 18.2 Å². The van der Waals surface area contributed by atoms with Crippen LogP contribution in [0.3, 0.4) is 0 Å². The molecule has 0 radical (unpaired) electrons. The fourth-order valence-corrected chi connectivity index (χ4v) is 1.49. The SMILES string of the molecule is COCCC(C)(O)CNC(=O)c1ccc(O)cc1O. The molecule has 0 aliphatic rings. The number of amides is 1. The van der Waals surface area contributed by atoms with Crippen LogP contribution in [0.1, 0.15) is 23.7 Å². The van der Waals surface area contributed by atoms with Crippen LogP contribution in [0.2, 0.25) is 0 Å². The van der Waals surface area contributed by atoms with Gasteiger partial charge in [0.1, 0.15) is 11.5 Å². The molecule has 106 valence electrons. The van der Waals surface area contributed by atoms with Gasteiger partial charge >= 0.3 is 0 Å². The van der Waals surface area contributed by atoms with Crippen molar-refractivity contribution < 1.29 is 24.9 Å². The van der Waals surface area contributed by atoms with Crippen LogP contribution in [0.5, 0.6) is 11.5 Å². The Morgan fingerprint density at radius 1 is 1.42 bits per heavy atom. The molecule has 0 fully saturated rings. The van der Waals surface area contributed by atoms with Gasteiger partial charge in [0, 0.05) is 32.7 Å². The lowest BCUT2D eigenvalue weighted by molar-refractivity contribution is 0.0243. The molecule has 0 spiro atoms. The maximum atomic E-state index is 11.8. The van der Waals surface area contributed by atoms with Crippen LogP contribution >= 0.6 is 0 Å². The zero-order chi connectivity index (χ0) is 14.5. The lowest BCUT2D eigenvalue weighted by Gasteiger charge is -2.23. The predicted molar refractivity (Wildman–Crippen MR) is 69.2 cm³/mol. The minimum Gasteiger partial charge on any atom is -0.508 e. The van der Waals surface area contributed by atoms with Gasteiger partial charge in [-0.15, -0.1) is 0 Å². The summed E-state index contributed by atoms with van der Waals surface area (Å²) in [6, 6.07) is 3.69. The molecule has 4 N–H and O–H groups in total. The number of ether oxygens (including phenoxy) is 1. The highest BCUT2D eigenvalue weighted by Gasteiger charge is 2.22. The second-order valence-corrected chi connectivity index (χ2v) is 4.62. The summed E-state index contributed by atoms with van der Waals surface area (Å²) < 4.78 is 4.86. The first-order valence-electron chi connectivity index (χ1n) is 5.87. The molecule has 1 aromatic rings. The third-order valence-corrected chi connectivity index (χ3v) is 2.70. The van der Waals surface area contributed by atoms with E-state index in [0.29, 0.717) is 13.0 Å². The van der Waals surface area contributed by atoms with Crippen molar-refractivity contribution in [3.8, 4) is 11.5 Å². The summed E-state index contributed by atoms with van der Waals surface area (Å²) in [7, 11) is 1.53. The van der Waals surface area contributed by atoms with E-state index in [1.54, 1.807) is 6.92 Å². The number of hydrogen-bond acceptors (Lipinski definition) is 5. The lowest BCUT2D eigenvalue weighted by Crippen LogP contribution is -2.41. The van der Waals surface area contributed by atoms with Crippen LogP contribution in [-0.4, -0.2) is 47.1 Å². The van der Waals surface area contributed by atoms with Gasteiger partial charge in [-0.05, 0) is 19.1 Å². The summed E-state index contributed by atoms with van der Waals surface area (Å²) in [6.45, 7) is 2.01. The molecule has 0 aromatic heterocycles. The molecule has 0 bridgehead atoms. The molecule has 0 aliphatic heterocycles. The molecule has 0 saturated heterocycles. The predicted octanol–water partition coefficient (Wildman–Crippen LogP) is 0.615. The second-order valence-electron chi connectivity index (χ2n) is 4.62. The van der Waals surface area contributed by atoms with Crippen molar-refractivity contribution in [3.05, 3.63) is 23.8 Å². The normalized spacial score (nSPS) is 13.8. The monoisotopic (exact) mass is 269 g/mol. The first-order chi connectivity index (χ1) is 8.85. The smallest absolute Gasteiger partial charge is 0.255 e. The van der Waals surface area contributed by atoms with E-state index in [0.717, 1.165) is 6.07 Å². The van der Waals surface area contributed by atoms with Gasteiger partial charge in [0.2, 0.25) is 0 Å². The highest BCUT2D eigenvalue weighted by Crippen LogP contribution is 2.22. The summed E-state index contributed by atoms with van der Waals surface area (Å²) >= 11 is 0. The summed E-state index contributed by atoms with van der Waals surface area (Å²) in [4.78, 5) is 11.8. The van der Waals surface area contributed by atoms with Gasteiger partial charge < -0.3 is 25.4 Å². The van der Waals surface area contributed by atoms with Crippen molar-refractivity contribution in [2.24, 2.45) is 0 Å². The van der Waals surface area contributed by atoms with Crippen molar-refractivity contribution in [1.82, 2.24) is 5.32 Å². The van der Waals surface area contributed by atoms with Gasteiger partial charge in [-0.3, -0.25) is 4.79 Å². The van der Waals surface area contributed by atoms with Gasteiger partial charge in [0.15, 0.2) is 0 Å². The van der Waals surface area contributed by atoms with Crippen molar-refractivity contribution in [1.29, 1.82) is 0 Å². The molecular weight excluding hydrogens is 250 g/mol. The number of aromatic hydroxyl groups is 2. The number of phenolic OH excluding ortho intramolecular Hbond substituents is 2. The van der Waals surface area contributed by atoms with Crippen molar-refractivity contribution >= 4 is 5.91 Å². The van der Waals surface area contributed by atoms with Crippen molar-refractivity contribution in [2.75, 3.05) is 20.3 Å². The number of hydrogen-bond donors (Lipinski definition) is 4. The highest BCUT2D eigenvalue weighted by atomic mass is 16.5. The summed E-state index contributed by atoms with van der Waals surface area (Å²) in [5.41, 5.74) is -1.04. The van der Waals surface area contributed by atoms with Gasteiger partial charge in [0.05, 0.1) is 11.2 Å². The van der Waals surface area contributed by atoms with Gasteiger partial charge in [-0.2, -0.15) is 0 Å². The standard InChI is InChI=1S/C13H19NO5/c1-13(18,5-6-19-2)8-14-12(17)10-4-3-9(15)7-11(10)16/h3-4,7,15-16,18H,5-6,8H2,1-2H3,(H,14,17). The largest absolute Gasteiger partial charge is 0.508 e. The lowest BCUT2D eigenvalue weighted by atomic mass is 10.0. The molecular formula is C13H19NO5. The third kappa shape index (κ3) is 4.76. The molecule has 6 nitrogen and oxygen atoms in total. The average Bonchev–Trinajstić information content (AvgIpc) is 2.34. The van der Waals surface area contributed by atoms with Crippen LogP contribution in [-0.2, 0) is 4.74 Å². The molecule has 1 atom stereocenters. The molecule has 1 amide bonds. The fourth-order valence-electron chi connectivity index (χ4n) is 1.49. The zero-order valence-electron chi connectivity index (χ0n) is 11.0. The quantitative estimate of drug-likeness (QED) is 0.606. The maximum Gasteiger partial charge on any atom is 0.255 e. The van der Waals surface area contributed by atoms with Gasteiger partial charge in [-0.1, -0.05) is 0 Å². The van der Waals surface area contributed by atoms with E-state index < -0.39 is 11.5 Å². The van der Waals surface area contributed by atoms with E-state index in [2.05, 4.69) is 5.32 Å². The van der Waals surface area contributed by atoms with Crippen molar-refractivity contribution in [3.63, 3.8) is 0 Å². The summed E-state index contributed by atoms with van der Waals surface area (Å²) in [5, 5.41) is 31.1. The van der Waals surface area contributed by atoms with Gasteiger partial charge in [-0.25, -0.2) is 0 Å². The number of nitrogens with one attached hydrogen (secondary N) is 1. The summed E-state index contributed by atoms with van der Waals surface area (Å²) in [5.74, 6) is -0.953. The molecule has 1 rings (SSSR count). The Labute approximate surface area is 111 Å². The molecule has 0 saturated carbocycles. The number of carbonyl (C=O) groups excluding carboxylic acids is 1. The Bertz CT molecular complexity index is 445. The van der Waals surface area contributed by atoms with Crippen LogP contribution in [0, 0.1) is 0 Å². The van der Waals surface area contributed by atoms with E-state index in [9.17, 15) is 15.0 Å². The number of methoxy groups -OCH3 is 1. The van der Waals surface area contributed by atoms with Crippen molar-refractivity contribution in [2.45, 2.75) is 18.9 Å². The Hall–Kier alpha value is -1.79. The molecule has 1 unspecified atom stereocenters. The molecule has 19 heavy (non-hydrogen) atoms. The molecule has 0 aliphatic carbocycles. The minimum atomic E-state index is -1.09. The first kappa shape index (κ1) is 15.3. The number of carbonyl (C=O) groups is 1. The zero-order valence-corrected chi connectivity index (χ0v) is 11.0. The highest BCUT2D eigenvalue weighted by molar-refractivity contribution is 5.97. The Morgan fingerprint density at radius 2 is 2.11 bits per heavy atom. The first-order valence-corrected chi connectivity index (χ1v) is 5.87. The van der Waals surface area contributed by atoms with E-state index >= 15 is 0 Å². The number of aliphatic hydroxyl groups is 1. The number of rotatable bonds is 6. The van der Waals surface area contributed by atoms with E-state index in [-0.39, 0.29) is 23.6 Å². The second kappa shape index (κ2) is 6.40. The van der Waals surface area contributed by atoms with E-state index in [1.807, 2.05) is 0 Å². The Balaban J connectivity index is 2.60. The minimum absolute atomic E-state index is 0.0372. The summed E-state index contributed by atoms with van der Waals surface area (Å²) in [6.07, 6.45) is 0.380. The molecule has 6 heteroatoms. The average molecular weight is 269 g/mol. The van der Waals surface area contributed by atoms with Crippen LogP contribution in [0.25, 0.3) is 0 Å². The van der Waals surface area contributed by atoms with Gasteiger partial charge in [0.25, 0.3) is 5.91 Å². The van der Waals surface area contributed by atoms with Crippen LogP contribution in [0.4, 0.5) is 0 Å². The van der Waals surface area contributed by atoms with E-state index in [4.69, 9.17) is 9.84 Å². The van der Waals surface area contributed by atoms with Crippen LogP contribution < -0.4 is 5.32 Å². The number of benzene rings is 1. The molecule has 1 aromatic carbocycles. The fraction of sp³-hybridized carbons (Fsp3) is 0.462. The number of phenols is 2. The maximum absolute atomic E-state index is 11.8. The van der Waals surface area contributed by atoms with E-state index in [1.165, 1.54) is 19.2 Å². The topological polar surface area (TPSA) is 99.0 Å². The molecule has 0 heterocycles.